The lowest BCUT2D eigenvalue weighted by molar-refractivity contribution is 0.0949. The van der Waals surface area contributed by atoms with Gasteiger partial charge in [0.1, 0.15) is 0 Å². The van der Waals surface area contributed by atoms with Gasteiger partial charge < -0.3 is 5.32 Å². The smallest absolute Gasteiger partial charge is 0.274 e. The van der Waals surface area contributed by atoms with Crippen LogP contribution in [0.5, 0.6) is 0 Å². The summed E-state index contributed by atoms with van der Waals surface area (Å²) in [5, 5.41) is 8.46. The van der Waals surface area contributed by atoms with Gasteiger partial charge in [-0.3, -0.25) is 9.59 Å². The Bertz CT molecular complexity index is 950. The second kappa shape index (κ2) is 6.34. The number of rotatable bonds is 3. The van der Waals surface area contributed by atoms with E-state index in [9.17, 15) is 9.59 Å². The molecule has 0 aliphatic rings. The zero-order valence-electron chi connectivity index (χ0n) is 12.4. The number of hydrogen-bond acceptors (Lipinski definition) is 3. The van der Waals surface area contributed by atoms with Crippen LogP contribution in [0.2, 0.25) is 0 Å². The standard InChI is InChI=1S/C17H14BrN3O2/c1-21-17(23)12-7-3-2-6-11(12)15(20-21)10-19-16(22)13-8-4-5-9-14(13)18/h2-9H,10H2,1H3,(H,19,22). The van der Waals surface area contributed by atoms with Crippen LogP contribution in [-0.2, 0) is 13.6 Å². The first kappa shape index (κ1) is 15.4. The van der Waals surface area contributed by atoms with Crippen LogP contribution in [0.25, 0.3) is 10.8 Å². The number of nitrogens with zero attached hydrogens (tertiary/aromatic N) is 2. The Labute approximate surface area is 141 Å². The number of fused-ring (bicyclic) bond motifs is 1. The van der Waals surface area contributed by atoms with Crippen LogP contribution < -0.4 is 10.9 Å². The fourth-order valence-corrected chi connectivity index (χ4v) is 2.88. The molecule has 0 saturated carbocycles. The van der Waals surface area contributed by atoms with Gasteiger partial charge in [-0.05, 0) is 34.1 Å². The predicted octanol–water partition coefficient (Wildman–Crippen LogP) is 2.63. The molecule has 1 N–H and O–H groups in total. The molecular weight excluding hydrogens is 358 g/mol. The van der Waals surface area contributed by atoms with Gasteiger partial charge >= 0.3 is 0 Å². The van der Waals surface area contributed by atoms with Crippen LogP contribution >= 0.6 is 15.9 Å². The highest BCUT2D eigenvalue weighted by Crippen LogP contribution is 2.16. The van der Waals surface area contributed by atoms with Crippen molar-refractivity contribution in [2.24, 2.45) is 7.05 Å². The summed E-state index contributed by atoms with van der Waals surface area (Å²) in [6.07, 6.45) is 0. The number of aromatic nitrogens is 2. The highest BCUT2D eigenvalue weighted by atomic mass is 79.9. The molecule has 1 amide bonds. The van der Waals surface area contributed by atoms with Gasteiger partial charge in [-0.15, -0.1) is 0 Å². The summed E-state index contributed by atoms with van der Waals surface area (Å²) < 4.78 is 2.03. The summed E-state index contributed by atoms with van der Waals surface area (Å²) in [7, 11) is 1.61. The molecule has 0 spiro atoms. The maximum atomic E-state index is 12.3. The monoisotopic (exact) mass is 371 g/mol. The van der Waals surface area contributed by atoms with Crippen molar-refractivity contribution in [2.75, 3.05) is 0 Å². The molecule has 116 valence electrons. The third-order valence-corrected chi connectivity index (χ3v) is 4.26. The summed E-state index contributed by atoms with van der Waals surface area (Å²) in [6, 6.07) is 14.5. The molecule has 5 nitrogen and oxygen atoms in total. The lowest BCUT2D eigenvalue weighted by atomic mass is 10.1. The first-order valence-electron chi connectivity index (χ1n) is 7.05. The van der Waals surface area contributed by atoms with E-state index in [0.29, 0.717) is 16.6 Å². The predicted molar refractivity (Wildman–Crippen MR) is 92.3 cm³/mol. The summed E-state index contributed by atoms with van der Waals surface area (Å²) in [4.78, 5) is 24.4. The topological polar surface area (TPSA) is 64.0 Å². The van der Waals surface area contributed by atoms with Crippen molar-refractivity contribution in [3.8, 4) is 0 Å². The highest BCUT2D eigenvalue weighted by Gasteiger charge is 2.12. The molecule has 0 atom stereocenters. The van der Waals surface area contributed by atoms with Crippen molar-refractivity contribution in [1.29, 1.82) is 0 Å². The van der Waals surface area contributed by atoms with Gasteiger partial charge in [0.2, 0.25) is 0 Å². The number of nitrogens with one attached hydrogen (secondary N) is 1. The molecule has 2 aromatic carbocycles. The van der Waals surface area contributed by atoms with Gasteiger partial charge in [-0.2, -0.15) is 5.10 Å². The first-order chi connectivity index (χ1) is 11.1. The van der Waals surface area contributed by atoms with E-state index >= 15 is 0 Å². The Morgan fingerprint density at radius 1 is 1.13 bits per heavy atom. The fourth-order valence-electron chi connectivity index (χ4n) is 2.41. The molecule has 6 heteroatoms. The van der Waals surface area contributed by atoms with Crippen molar-refractivity contribution >= 4 is 32.6 Å². The number of benzene rings is 2. The largest absolute Gasteiger partial charge is 0.346 e. The number of carbonyl (C=O) groups excluding carboxylic acids is 1. The zero-order chi connectivity index (χ0) is 16.4. The minimum atomic E-state index is -0.197. The van der Waals surface area contributed by atoms with E-state index in [0.717, 1.165) is 9.86 Å². The van der Waals surface area contributed by atoms with Crippen LogP contribution in [-0.4, -0.2) is 15.7 Å². The molecule has 0 fully saturated rings. The first-order valence-corrected chi connectivity index (χ1v) is 7.85. The van der Waals surface area contributed by atoms with Gasteiger partial charge in [0, 0.05) is 16.9 Å². The molecule has 0 radical (unpaired) electrons. The zero-order valence-corrected chi connectivity index (χ0v) is 14.0. The van der Waals surface area contributed by atoms with Crippen molar-refractivity contribution in [3.63, 3.8) is 0 Å². The number of carbonyl (C=O) groups is 1. The van der Waals surface area contributed by atoms with Crippen LogP contribution in [0.4, 0.5) is 0 Å². The second-order valence-corrected chi connectivity index (χ2v) is 5.94. The van der Waals surface area contributed by atoms with E-state index in [2.05, 4.69) is 26.3 Å². The average Bonchev–Trinajstić information content (AvgIpc) is 2.57. The molecule has 3 rings (SSSR count). The molecule has 0 aliphatic heterocycles. The summed E-state index contributed by atoms with van der Waals surface area (Å²) in [5.41, 5.74) is 1.06. The third-order valence-electron chi connectivity index (χ3n) is 3.57. The Balaban J connectivity index is 1.91. The van der Waals surface area contributed by atoms with E-state index in [4.69, 9.17) is 0 Å². The van der Waals surface area contributed by atoms with Crippen molar-refractivity contribution < 1.29 is 4.79 Å². The van der Waals surface area contributed by atoms with Crippen molar-refractivity contribution in [1.82, 2.24) is 15.1 Å². The summed E-state index contributed by atoms with van der Waals surface area (Å²) >= 11 is 3.36. The molecule has 23 heavy (non-hydrogen) atoms. The quantitative estimate of drug-likeness (QED) is 0.769. The number of amides is 1. The number of hydrogen-bond donors (Lipinski definition) is 1. The van der Waals surface area contributed by atoms with Crippen molar-refractivity contribution in [2.45, 2.75) is 6.54 Å². The molecule has 1 aromatic heterocycles. The van der Waals surface area contributed by atoms with Gasteiger partial charge in [-0.25, -0.2) is 4.68 Å². The lowest BCUT2D eigenvalue weighted by Crippen LogP contribution is -2.27. The van der Waals surface area contributed by atoms with Crippen LogP contribution in [0.1, 0.15) is 16.1 Å². The Morgan fingerprint density at radius 3 is 2.52 bits per heavy atom. The van der Waals surface area contributed by atoms with E-state index in [1.54, 1.807) is 25.2 Å². The molecule has 0 aliphatic carbocycles. The lowest BCUT2D eigenvalue weighted by Gasteiger charge is -2.10. The molecular formula is C17H14BrN3O2. The number of halogens is 1. The minimum Gasteiger partial charge on any atom is -0.346 e. The molecule has 3 aromatic rings. The molecule has 0 bridgehead atoms. The normalized spacial score (nSPS) is 10.7. The minimum absolute atomic E-state index is 0.151. The Morgan fingerprint density at radius 2 is 1.78 bits per heavy atom. The van der Waals surface area contributed by atoms with Crippen LogP contribution in [0.3, 0.4) is 0 Å². The third kappa shape index (κ3) is 3.03. The van der Waals surface area contributed by atoms with Gasteiger partial charge in [0.05, 0.1) is 23.2 Å². The fraction of sp³-hybridized carbons (Fsp3) is 0.118. The summed E-state index contributed by atoms with van der Waals surface area (Å²) in [5.74, 6) is -0.197. The summed E-state index contributed by atoms with van der Waals surface area (Å²) in [6.45, 7) is 0.245. The SMILES string of the molecule is Cn1nc(CNC(=O)c2ccccc2Br)c2ccccc2c1=O. The Kier molecular flexibility index (Phi) is 4.25. The van der Waals surface area contributed by atoms with E-state index in [1.165, 1.54) is 4.68 Å². The van der Waals surface area contributed by atoms with Gasteiger partial charge in [0.15, 0.2) is 0 Å². The Hall–Kier alpha value is -2.47. The van der Waals surface area contributed by atoms with Crippen molar-refractivity contribution in [3.05, 3.63) is 74.6 Å². The van der Waals surface area contributed by atoms with Crippen LogP contribution in [0.15, 0.2) is 57.8 Å². The average molecular weight is 372 g/mol. The van der Waals surface area contributed by atoms with Gasteiger partial charge in [0.25, 0.3) is 11.5 Å². The number of aryl methyl sites for hydroxylation is 1. The maximum absolute atomic E-state index is 12.3. The molecule has 1 heterocycles. The maximum Gasteiger partial charge on any atom is 0.274 e. The van der Waals surface area contributed by atoms with Crippen LogP contribution in [0, 0.1) is 0 Å². The van der Waals surface area contributed by atoms with E-state index < -0.39 is 0 Å². The van der Waals surface area contributed by atoms with Gasteiger partial charge in [-0.1, -0.05) is 30.3 Å². The molecule has 0 saturated heterocycles. The highest BCUT2D eigenvalue weighted by molar-refractivity contribution is 9.10. The second-order valence-electron chi connectivity index (χ2n) is 5.08. The van der Waals surface area contributed by atoms with E-state index in [-0.39, 0.29) is 18.0 Å². The molecule has 0 unspecified atom stereocenters. The van der Waals surface area contributed by atoms with E-state index in [1.807, 2.05) is 30.3 Å².